The summed E-state index contributed by atoms with van der Waals surface area (Å²) >= 11 is 6.32. The van der Waals surface area contributed by atoms with Gasteiger partial charge < -0.3 is 5.32 Å². The Morgan fingerprint density at radius 3 is 2.69 bits per heavy atom. The van der Waals surface area contributed by atoms with E-state index in [9.17, 15) is 14.9 Å². The number of nitrogens with zero attached hydrogens (tertiary/aromatic N) is 7. The summed E-state index contributed by atoms with van der Waals surface area (Å²) in [5, 5.41) is 20.6. The molecule has 2 aromatic carbocycles. The predicted molar refractivity (Wildman–Crippen MR) is 158 cm³/mol. The number of aromatic nitrogens is 6. The number of halogens is 1. The maximum absolute atomic E-state index is 13.7. The number of nitrogens with one attached hydrogen (secondary N) is 1. The molecule has 3 aromatic heterocycles. The number of carbonyl (C=O) groups excluding carboxylic acids is 1. The fourth-order valence-electron chi connectivity index (χ4n) is 5.21. The highest BCUT2D eigenvalue weighted by molar-refractivity contribution is 6.31. The fraction of sp³-hybridized carbons (Fsp3) is 0.194. The molecular formula is C31H25ClN8O2. The van der Waals surface area contributed by atoms with Gasteiger partial charge in [-0.3, -0.25) is 19.1 Å². The SMILES string of the molecule is C[C@@H]1CCC[C@H](n2cnc(-c3cc(Cl)ccc3-n3cc(C#N)nn3)cc2=O)c2cc(ccn2)-c2ccccc2NC1=O. The molecule has 0 saturated carbocycles. The number of amides is 1. The highest BCUT2D eigenvalue weighted by Crippen LogP contribution is 2.33. The number of nitriles is 1. The Morgan fingerprint density at radius 1 is 1.02 bits per heavy atom. The molecule has 1 amide bonds. The van der Waals surface area contributed by atoms with Crippen molar-refractivity contribution in [2.45, 2.75) is 32.2 Å². The van der Waals surface area contributed by atoms with Crippen LogP contribution in [0.4, 0.5) is 5.69 Å². The van der Waals surface area contributed by atoms with Crippen LogP contribution in [0, 0.1) is 17.2 Å². The predicted octanol–water partition coefficient (Wildman–Crippen LogP) is 5.43. The van der Waals surface area contributed by atoms with Crippen molar-refractivity contribution in [2.24, 2.45) is 5.92 Å². The third-order valence-electron chi connectivity index (χ3n) is 7.44. The molecule has 1 aliphatic rings. The molecule has 1 aliphatic heterocycles. The Morgan fingerprint density at radius 2 is 1.88 bits per heavy atom. The van der Waals surface area contributed by atoms with Gasteiger partial charge in [0.25, 0.3) is 5.56 Å². The van der Waals surface area contributed by atoms with Gasteiger partial charge >= 0.3 is 0 Å². The molecule has 0 radical (unpaired) electrons. The quantitative estimate of drug-likeness (QED) is 0.303. The summed E-state index contributed by atoms with van der Waals surface area (Å²) in [6.45, 7) is 1.91. The second-order valence-electron chi connectivity index (χ2n) is 10.2. The second kappa shape index (κ2) is 11.4. The van der Waals surface area contributed by atoms with Crippen LogP contribution in [0.2, 0.25) is 5.02 Å². The first-order valence-electron chi connectivity index (χ1n) is 13.5. The average Bonchev–Trinajstić information content (AvgIpc) is 3.49. The first kappa shape index (κ1) is 27.1. The number of rotatable bonds is 3. The van der Waals surface area contributed by atoms with Crippen molar-refractivity contribution in [3.8, 4) is 34.1 Å². The van der Waals surface area contributed by atoms with E-state index < -0.39 is 6.04 Å². The van der Waals surface area contributed by atoms with Gasteiger partial charge in [-0.2, -0.15) is 5.26 Å². The van der Waals surface area contributed by atoms with Gasteiger partial charge in [0, 0.05) is 40.0 Å². The van der Waals surface area contributed by atoms with E-state index in [0.717, 1.165) is 22.5 Å². The van der Waals surface area contributed by atoms with E-state index in [1.165, 1.54) is 23.3 Å². The lowest BCUT2D eigenvalue weighted by Gasteiger charge is -2.23. The van der Waals surface area contributed by atoms with Gasteiger partial charge in [0.2, 0.25) is 5.91 Å². The van der Waals surface area contributed by atoms with Gasteiger partial charge in [-0.1, -0.05) is 48.4 Å². The molecule has 1 N–H and O–H groups in total. The number of para-hydroxylation sites is 1. The van der Waals surface area contributed by atoms with Crippen molar-refractivity contribution in [2.75, 3.05) is 5.32 Å². The maximum atomic E-state index is 13.7. The molecular weight excluding hydrogens is 552 g/mol. The zero-order valence-electron chi connectivity index (χ0n) is 22.6. The normalized spacial score (nSPS) is 16.8. The standard InChI is InChI=1S/C31H25ClN8O2/c1-19-5-4-8-29(27-13-20(11-12-34-27)23-6-2-3-7-25(23)36-31(19)42)39-18-35-26(15-30(39)41)24-14-21(32)9-10-28(24)40-17-22(16-33)37-38-40/h2-3,6-7,9-15,17-19,29H,4-5,8H2,1H3,(H,36,42)/t19-,29+/m1/s1. The molecule has 2 atom stereocenters. The number of pyridine rings is 1. The first-order valence-corrected chi connectivity index (χ1v) is 13.9. The number of benzene rings is 2. The van der Waals surface area contributed by atoms with Gasteiger partial charge in [0.1, 0.15) is 6.07 Å². The monoisotopic (exact) mass is 576 g/mol. The summed E-state index contributed by atoms with van der Waals surface area (Å²) in [5.41, 5.74) is 4.66. The van der Waals surface area contributed by atoms with E-state index in [1.807, 2.05) is 49.4 Å². The molecule has 11 heteroatoms. The van der Waals surface area contributed by atoms with Crippen molar-refractivity contribution >= 4 is 23.2 Å². The topological polar surface area (TPSA) is 131 Å². The minimum absolute atomic E-state index is 0.0383. The number of anilines is 1. The number of fused-ring (bicyclic) bond motifs is 4. The Labute approximate surface area is 246 Å². The first-order chi connectivity index (χ1) is 20.4. The number of carbonyl (C=O) groups is 1. The molecule has 0 saturated heterocycles. The van der Waals surface area contributed by atoms with Crippen molar-refractivity contribution in [1.82, 2.24) is 29.5 Å². The number of hydrogen-bond acceptors (Lipinski definition) is 7. The van der Waals surface area contributed by atoms with Crippen molar-refractivity contribution in [3.63, 3.8) is 0 Å². The lowest BCUT2D eigenvalue weighted by molar-refractivity contribution is -0.119. The van der Waals surface area contributed by atoms with Crippen LogP contribution >= 0.6 is 11.6 Å². The van der Waals surface area contributed by atoms with Gasteiger partial charge in [0.05, 0.1) is 35.6 Å². The molecule has 0 unspecified atom stereocenters. The molecule has 10 nitrogen and oxygen atoms in total. The lowest BCUT2D eigenvalue weighted by atomic mass is 9.95. The van der Waals surface area contributed by atoms with Crippen LogP contribution in [0.25, 0.3) is 28.1 Å². The minimum Gasteiger partial charge on any atom is -0.325 e. The molecule has 0 aliphatic carbocycles. The average molecular weight is 577 g/mol. The summed E-state index contributed by atoms with van der Waals surface area (Å²) in [7, 11) is 0. The second-order valence-corrected chi connectivity index (χ2v) is 10.6. The molecule has 0 spiro atoms. The third-order valence-corrected chi connectivity index (χ3v) is 7.68. The summed E-state index contributed by atoms with van der Waals surface area (Å²) in [5.74, 6) is -0.245. The zero-order valence-corrected chi connectivity index (χ0v) is 23.4. The number of hydrogen-bond donors (Lipinski definition) is 1. The van der Waals surface area contributed by atoms with Crippen molar-refractivity contribution in [3.05, 3.63) is 106 Å². The van der Waals surface area contributed by atoms with E-state index in [4.69, 9.17) is 11.6 Å². The smallest absolute Gasteiger partial charge is 0.254 e. The van der Waals surface area contributed by atoms with Crippen LogP contribution in [0.15, 0.2) is 84.2 Å². The van der Waals surface area contributed by atoms with Crippen LogP contribution in [0.5, 0.6) is 0 Å². The van der Waals surface area contributed by atoms with E-state index in [-0.39, 0.29) is 23.1 Å². The Bertz CT molecular complexity index is 1910. The summed E-state index contributed by atoms with van der Waals surface area (Å²) < 4.78 is 3.04. The van der Waals surface area contributed by atoms with E-state index in [2.05, 4.69) is 25.6 Å². The Kier molecular flexibility index (Phi) is 7.33. The van der Waals surface area contributed by atoms with Gasteiger partial charge in [-0.15, -0.1) is 5.10 Å². The zero-order chi connectivity index (χ0) is 29.2. The van der Waals surface area contributed by atoms with Gasteiger partial charge in [-0.25, -0.2) is 9.67 Å². The van der Waals surface area contributed by atoms with E-state index in [1.54, 1.807) is 29.0 Å². The van der Waals surface area contributed by atoms with Gasteiger partial charge in [0.15, 0.2) is 5.69 Å². The van der Waals surface area contributed by atoms with Crippen LogP contribution in [0.1, 0.15) is 43.6 Å². The summed E-state index contributed by atoms with van der Waals surface area (Å²) in [6, 6.07) is 19.7. The molecule has 0 fully saturated rings. The molecule has 42 heavy (non-hydrogen) atoms. The molecule has 6 rings (SSSR count). The van der Waals surface area contributed by atoms with E-state index >= 15 is 0 Å². The van der Waals surface area contributed by atoms with Crippen LogP contribution in [-0.2, 0) is 4.79 Å². The third kappa shape index (κ3) is 5.30. The van der Waals surface area contributed by atoms with Crippen molar-refractivity contribution in [1.29, 1.82) is 5.26 Å². The van der Waals surface area contributed by atoms with Crippen molar-refractivity contribution < 1.29 is 4.79 Å². The fourth-order valence-corrected chi connectivity index (χ4v) is 5.39. The molecule has 5 aromatic rings. The molecule has 2 bridgehead atoms. The van der Waals surface area contributed by atoms with E-state index in [0.29, 0.717) is 41.2 Å². The largest absolute Gasteiger partial charge is 0.325 e. The summed E-state index contributed by atoms with van der Waals surface area (Å²) in [6.07, 6.45) is 6.69. The lowest BCUT2D eigenvalue weighted by Crippen LogP contribution is -2.27. The van der Waals surface area contributed by atoms with Crippen LogP contribution in [-0.4, -0.2) is 35.4 Å². The summed E-state index contributed by atoms with van der Waals surface area (Å²) in [4.78, 5) is 36.0. The maximum Gasteiger partial charge on any atom is 0.254 e. The molecule has 4 heterocycles. The Balaban J connectivity index is 1.43. The highest BCUT2D eigenvalue weighted by atomic mass is 35.5. The minimum atomic E-state index is -0.395. The van der Waals surface area contributed by atoms with Crippen LogP contribution < -0.4 is 10.9 Å². The van der Waals surface area contributed by atoms with Crippen LogP contribution in [0.3, 0.4) is 0 Å². The Hall–Kier alpha value is -5.14. The van der Waals surface area contributed by atoms with Gasteiger partial charge in [-0.05, 0) is 54.8 Å². The molecule has 208 valence electrons. The highest BCUT2D eigenvalue weighted by Gasteiger charge is 2.23.